The zero-order chi connectivity index (χ0) is 11.7. The molecule has 7 nitrogen and oxygen atoms in total. The van der Waals surface area contributed by atoms with Crippen LogP contribution >= 0.6 is 11.8 Å². The number of nitrogens with zero attached hydrogens (tertiary/aromatic N) is 5. The van der Waals surface area contributed by atoms with Crippen LogP contribution in [0.15, 0.2) is 16.2 Å². The molecule has 0 aliphatic heterocycles. The highest BCUT2D eigenvalue weighted by Crippen LogP contribution is 2.34. The van der Waals surface area contributed by atoms with E-state index in [0.717, 1.165) is 22.9 Å². The highest BCUT2D eigenvalue weighted by molar-refractivity contribution is 7.99. The summed E-state index contributed by atoms with van der Waals surface area (Å²) in [6, 6.07) is 0.431. The molecule has 2 aromatic heterocycles. The number of aromatic amines is 1. The Morgan fingerprint density at radius 3 is 2.94 bits per heavy atom. The van der Waals surface area contributed by atoms with Gasteiger partial charge < -0.3 is 5.73 Å². The van der Waals surface area contributed by atoms with Crippen LogP contribution in [0.25, 0.3) is 0 Å². The number of hydrogen-bond donors (Lipinski definition) is 2. The molecule has 0 amide bonds. The van der Waals surface area contributed by atoms with Crippen molar-refractivity contribution in [2.45, 2.75) is 41.8 Å². The fraction of sp³-hybridized carbons (Fsp3) is 0.556. The number of tetrazole rings is 1. The monoisotopic (exact) mass is 251 g/mol. The maximum Gasteiger partial charge on any atom is 0.214 e. The van der Waals surface area contributed by atoms with Crippen molar-refractivity contribution < 1.29 is 0 Å². The molecule has 2 aromatic rings. The lowest BCUT2D eigenvalue weighted by Gasteiger charge is -2.10. The van der Waals surface area contributed by atoms with Crippen LogP contribution in [-0.4, -0.2) is 30.4 Å². The minimum absolute atomic E-state index is 0.431. The first-order valence-electron chi connectivity index (χ1n) is 5.59. The molecular weight excluding hydrogens is 238 g/mol. The maximum absolute atomic E-state index is 5.74. The SMILES string of the molecule is Nc1[nH]ncc1Sc1nnnn1C1CCCC1. The summed E-state index contributed by atoms with van der Waals surface area (Å²) in [5.74, 6) is 0.552. The van der Waals surface area contributed by atoms with E-state index in [1.165, 1.54) is 24.6 Å². The zero-order valence-corrected chi connectivity index (χ0v) is 10.0. The number of rotatable bonds is 3. The summed E-state index contributed by atoms with van der Waals surface area (Å²) < 4.78 is 1.91. The first kappa shape index (κ1) is 10.6. The zero-order valence-electron chi connectivity index (χ0n) is 9.20. The van der Waals surface area contributed by atoms with Gasteiger partial charge in [0.05, 0.1) is 17.1 Å². The predicted octanol–water partition coefficient (Wildman–Crippen LogP) is 1.24. The van der Waals surface area contributed by atoms with Crippen LogP contribution in [-0.2, 0) is 0 Å². The fourth-order valence-corrected chi connectivity index (χ4v) is 2.91. The summed E-state index contributed by atoms with van der Waals surface area (Å²) in [6.45, 7) is 0. The van der Waals surface area contributed by atoms with E-state index in [0.29, 0.717) is 11.9 Å². The first-order valence-corrected chi connectivity index (χ1v) is 6.41. The van der Waals surface area contributed by atoms with Crippen molar-refractivity contribution in [3.8, 4) is 0 Å². The average Bonchev–Trinajstić information content (AvgIpc) is 3.02. The molecule has 1 aliphatic rings. The quantitative estimate of drug-likeness (QED) is 0.851. The van der Waals surface area contributed by atoms with Crippen LogP contribution in [0, 0.1) is 0 Å². The van der Waals surface area contributed by atoms with Gasteiger partial charge in [-0.05, 0) is 35.0 Å². The summed E-state index contributed by atoms with van der Waals surface area (Å²) in [5.41, 5.74) is 5.74. The molecule has 0 saturated heterocycles. The molecule has 3 rings (SSSR count). The third kappa shape index (κ3) is 1.99. The Morgan fingerprint density at radius 2 is 2.24 bits per heavy atom. The van der Waals surface area contributed by atoms with Crippen LogP contribution in [0.5, 0.6) is 0 Å². The molecule has 17 heavy (non-hydrogen) atoms. The Balaban J connectivity index is 1.84. The average molecular weight is 251 g/mol. The van der Waals surface area contributed by atoms with E-state index >= 15 is 0 Å². The van der Waals surface area contributed by atoms with Crippen molar-refractivity contribution >= 4 is 17.6 Å². The topological polar surface area (TPSA) is 98.3 Å². The third-order valence-corrected chi connectivity index (χ3v) is 3.96. The van der Waals surface area contributed by atoms with Gasteiger partial charge in [0.25, 0.3) is 0 Å². The number of hydrogen-bond acceptors (Lipinski definition) is 6. The lowest BCUT2D eigenvalue weighted by Crippen LogP contribution is -2.08. The van der Waals surface area contributed by atoms with Crippen molar-refractivity contribution in [2.24, 2.45) is 0 Å². The van der Waals surface area contributed by atoms with Crippen LogP contribution in [0.2, 0.25) is 0 Å². The lowest BCUT2D eigenvalue weighted by molar-refractivity contribution is 0.423. The molecule has 0 spiro atoms. The van der Waals surface area contributed by atoms with Gasteiger partial charge in [-0.2, -0.15) is 5.10 Å². The number of anilines is 1. The van der Waals surface area contributed by atoms with E-state index in [1.807, 2.05) is 4.68 Å². The smallest absolute Gasteiger partial charge is 0.214 e. The van der Waals surface area contributed by atoms with E-state index in [4.69, 9.17) is 5.73 Å². The molecule has 90 valence electrons. The third-order valence-electron chi connectivity index (χ3n) is 2.97. The van der Waals surface area contributed by atoms with Gasteiger partial charge >= 0.3 is 0 Å². The summed E-state index contributed by atoms with van der Waals surface area (Å²) >= 11 is 1.45. The Kier molecular flexibility index (Phi) is 2.71. The summed E-state index contributed by atoms with van der Waals surface area (Å²) in [7, 11) is 0. The number of nitrogens with two attached hydrogens (primary N) is 1. The molecule has 0 atom stereocenters. The van der Waals surface area contributed by atoms with E-state index in [9.17, 15) is 0 Å². The number of nitrogens with one attached hydrogen (secondary N) is 1. The van der Waals surface area contributed by atoms with Crippen LogP contribution in [0.4, 0.5) is 5.82 Å². The molecule has 3 N–H and O–H groups in total. The number of nitrogen functional groups attached to an aromatic ring is 1. The minimum atomic E-state index is 0.431. The van der Waals surface area contributed by atoms with Gasteiger partial charge in [-0.25, -0.2) is 4.68 Å². The van der Waals surface area contributed by atoms with Crippen LogP contribution in [0.3, 0.4) is 0 Å². The second-order valence-corrected chi connectivity index (χ2v) is 5.10. The number of H-pyrrole nitrogens is 1. The summed E-state index contributed by atoms with van der Waals surface area (Å²) in [5, 5.41) is 19.2. The van der Waals surface area contributed by atoms with E-state index in [1.54, 1.807) is 6.20 Å². The number of aromatic nitrogens is 6. The van der Waals surface area contributed by atoms with Gasteiger partial charge in [-0.1, -0.05) is 12.8 Å². The standard InChI is InChI=1S/C9H13N7S/c10-8-7(5-11-12-8)17-9-13-14-15-16(9)6-3-1-2-4-6/h5-6H,1-4H2,(H3,10,11,12). The van der Waals surface area contributed by atoms with E-state index in [2.05, 4.69) is 25.7 Å². The van der Waals surface area contributed by atoms with Crippen molar-refractivity contribution in [1.82, 2.24) is 30.4 Å². The summed E-state index contributed by atoms with van der Waals surface area (Å²) in [4.78, 5) is 0.860. The van der Waals surface area contributed by atoms with Gasteiger partial charge in [0, 0.05) is 0 Å². The van der Waals surface area contributed by atoms with Crippen LogP contribution in [0.1, 0.15) is 31.7 Å². The molecule has 2 heterocycles. The molecule has 0 unspecified atom stereocenters. The van der Waals surface area contributed by atoms with E-state index < -0.39 is 0 Å². The van der Waals surface area contributed by atoms with Crippen molar-refractivity contribution in [1.29, 1.82) is 0 Å². The fourth-order valence-electron chi connectivity index (χ4n) is 2.10. The van der Waals surface area contributed by atoms with Crippen molar-refractivity contribution in [3.05, 3.63) is 6.20 Å². The normalized spacial score (nSPS) is 16.7. The molecule has 0 bridgehead atoms. The highest BCUT2D eigenvalue weighted by Gasteiger charge is 2.22. The first-order chi connectivity index (χ1) is 8.34. The van der Waals surface area contributed by atoms with E-state index in [-0.39, 0.29) is 0 Å². The summed E-state index contributed by atoms with van der Waals surface area (Å²) in [6.07, 6.45) is 6.50. The molecule has 1 fully saturated rings. The maximum atomic E-state index is 5.74. The Morgan fingerprint density at radius 1 is 1.41 bits per heavy atom. The van der Waals surface area contributed by atoms with Gasteiger partial charge in [-0.15, -0.1) is 5.10 Å². The van der Waals surface area contributed by atoms with Gasteiger partial charge in [0.1, 0.15) is 5.82 Å². The van der Waals surface area contributed by atoms with Crippen molar-refractivity contribution in [3.63, 3.8) is 0 Å². The molecule has 0 radical (unpaired) electrons. The Labute approximate surface area is 102 Å². The molecule has 0 aromatic carbocycles. The van der Waals surface area contributed by atoms with Gasteiger partial charge in [0.2, 0.25) is 5.16 Å². The highest BCUT2D eigenvalue weighted by atomic mass is 32.2. The van der Waals surface area contributed by atoms with Crippen LogP contribution < -0.4 is 5.73 Å². The minimum Gasteiger partial charge on any atom is -0.383 e. The second kappa shape index (κ2) is 4.36. The molecule has 1 aliphatic carbocycles. The Bertz CT molecular complexity index is 499. The molecular formula is C9H13N7S. The molecule has 1 saturated carbocycles. The largest absolute Gasteiger partial charge is 0.383 e. The second-order valence-electron chi connectivity index (χ2n) is 4.09. The predicted molar refractivity (Wildman–Crippen MR) is 62.4 cm³/mol. The van der Waals surface area contributed by atoms with Gasteiger partial charge in [-0.3, -0.25) is 5.10 Å². The van der Waals surface area contributed by atoms with Crippen molar-refractivity contribution in [2.75, 3.05) is 5.73 Å². The lowest BCUT2D eigenvalue weighted by atomic mass is 10.3. The Hall–Kier alpha value is -1.57. The molecule has 8 heteroatoms. The van der Waals surface area contributed by atoms with Gasteiger partial charge in [0.15, 0.2) is 0 Å².